The van der Waals surface area contributed by atoms with Gasteiger partial charge in [0.25, 0.3) is 0 Å². The summed E-state index contributed by atoms with van der Waals surface area (Å²) in [6, 6.07) is 3.85. The van der Waals surface area contributed by atoms with Crippen LogP contribution in [0.25, 0.3) is 0 Å². The van der Waals surface area contributed by atoms with Crippen LogP contribution in [0.15, 0.2) is 18.2 Å². The van der Waals surface area contributed by atoms with Gasteiger partial charge >= 0.3 is 11.9 Å². The molecule has 1 aromatic carbocycles. The van der Waals surface area contributed by atoms with Crippen molar-refractivity contribution in [2.45, 2.75) is 6.10 Å². The van der Waals surface area contributed by atoms with Gasteiger partial charge in [0.1, 0.15) is 6.61 Å². The number of ether oxygens (including phenoxy) is 1. The number of carboxylic acids is 2. The third-order valence-corrected chi connectivity index (χ3v) is 1.89. The Morgan fingerprint density at radius 3 is 2.21 bits per heavy atom. The topological polar surface area (TPSA) is 145 Å². The van der Waals surface area contributed by atoms with Gasteiger partial charge in [0.05, 0.1) is 7.11 Å². The van der Waals surface area contributed by atoms with Crippen LogP contribution < -0.4 is 4.74 Å². The Kier molecular flexibility index (Phi) is 6.94. The van der Waals surface area contributed by atoms with E-state index in [1.807, 2.05) is 0 Å². The Bertz CT molecular complexity index is 442. The van der Waals surface area contributed by atoms with Crippen molar-refractivity contribution in [3.8, 4) is 11.5 Å². The van der Waals surface area contributed by atoms with Crippen molar-refractivity contribution < 1.29 is 39.9 Å². The van der Waals surface area contributed by atoms with E-state index in [2.05, 4.69) is 0 Å². The van der Waals surface area contributed by atoms with E-state index >= 15 is 0 Å². The minimum atomic E-state index is -1.61. The minimum absolute atomic E-state index is 0.103. The molecule has 0 aliphatic heterocycles. The summed E-state index contributed by atoms with van der Waals surface area (Å²) in [6.45, 7) is -0.778. The van der Waals surface area contributed by atoms with Crippen molar-refractivity contribution in [1.29, 1.82) is 0 Å². The normalized spacial score (nSPS) is 10.9. The average Bonchev–Trinajstić information content (AvgIpc) is 2.39. The molecule has 5 N–H and O–H groups in total. The molecule has 1 atom stereocenters. The maximum atomic E-state index is 10.4. The van der Waals surface area contributed by atoms with Crippen LogP contribution in [0, 0.1) is 0 Å². The Hall–Kier alpha value is -2.32. The molecule has 0 heterocycles. The standard InChI is InChI=1S/C9H10O5.C2H4O3/c1-14-7-4-5(2-3-6(7)10)8(11)9(12)13;3-1-2(4)5/h2-4,8,10-11H,1H3,(H,12,13);3H,1H2,(H,4,5). The number of aliphatic hydroxyl groups excluding tert-OH is 2. The fourth-order valence-corrected chi connectivity index (χ4v) is 1.01. The van der Waals surface area contributed by atoms with Crippen LogP contribution in [-0.4, -0.2) is 51.2 Å². The monoisotopic (exact) mass is 274 g/mol. The molecule has 0 saturated heterocycles. The molecule has 0 amide bonds. The smallest absolute Gasteiger partial charge is 0.337 e. The van der Waals surface area contributed by atoms with Crippen molar-refractivity contribution in [2.75, 3.05) is 13.7 Å². The highest BCUT2D eigenvalue weighted by molar-refractivity contribution is 5.74. The number of aliphatic carboxylic acids is 2. The number of phenolic OH excluding ortho intramolecular Hbond substituents is 1. The highest BCUT2D eigenvalue weighted by Crippen LogP contribution is 2.28. The van der Waals surface area contributed by atoms with Gasteiger partial charge in [-0.15, -0.1) is 0 Å². The zero-order valence-electron chi connectivity index (χ0n) is 9.98. The lowest BCUT2D eigenvalue weighted by molar-refractivity contribution is -0.147. The third kappa shape index (κ3) is 5.70. The van der Waals surface area contributed by atoms with Gasteiger partial charge in [0, 0.05) is 0 Å². The molecule has 8 nitrogen and oxygen atoms in total. The molecule has 0 saturated carbocycles. The Morgan fingerprint density at radius 1 is 1.32 bits per heavy atom. The second-order valence-corrected chi connectivity index (χ2v) is 3.22. The maximum absolute atomic E-state index is 10.4. The molecule has 0 bridgehead atoms. The predicted molar refractivity (Wildman–Crippen MR) is 62.0 cm³/mol. The highest BCUT2D eigenvalue weighted by atomic mass is 16.5. The molecule has 19 heavy (non-hydrogen) atoms. The SMILES string of the molecule is COc1cc(C(O)C(=O)O)ccc1O.O=C(O)CO. The van der Waals surface area contributed by atoms with Gasteiger partial charge in [0.15, 0.2) is 17.6 Å². The van der Waals surface area contributed by atoms with Crippen LogP contribution in [-0.2, 0) is 9.59 Å². The number of phenols is 1. The van der Waals surface area contributed by atoms with E-state index in [-0.39, 0.29) is 17.1 Å². The summed E-state index contributed by atoms with van der Waals surface area (Å²) in [5.74, 6) is -2.51. The number of hydrogen-bond acceptors (Lipinski definition) is 6. The van der Waals surface area contributed by atoms with Crippen molar-refractivity contribution in [3.05, 3.63) is 23.8 Å². The average molecular weight is 274 g/mol. The lowest BCUT2D eigenvalue weighted by Gasteiger charge is -2.08. The summed E-state index contributed by atoms with van der Waals surface area (Å²) in [5.41, 5.74) is 0.159. The first-order valence-electron chi connectivity index (χ1n) is 4.93. The number of carboxylic acid groups (broad SMARTS) is 2. The molecule has 1 rings (SSSR count). The molecule has 8 heteroatoms. The number of methoxy groups -OCH3 is 1. The van der Waals surface area contributed by atoms with Gasteiger partial charge in [0.2, 0.25) is 0 Å². The Balaban J connectivity index is 0.000000555. The van der Waals surface area contributed by atoms with E-state index in [9.17, 15) is 15.0 Å². The summed E-state index contributed by atoms with van der Waals surface area (Å²) in [4.78, 5) is 19.5. The number of benzene rings is 1. The van der Waals surface area contributed by atoms with E-state index in [1.54, 1.807) is 0 Å². The largest absolute Gasteiger partial charge is 0.504 e. The van der Waals surface area contributed by atoms with Crippen LogP contribution in [0.2, 0.25) is 0 Å². The molecule has 0 aliphatic carbocycles. The van der Waals surface area contributed by atoms with Crippen LogP contribution >= 0.6 is 0 Å². The van der Waals surface area contributed by atoms with Gasteiger partial charge in [-0.2, -0.15) is 0 Å². The maximum Gasteiger partial charge on any atom is 0.337 e. The molecule has 0 aliphatic rings. The molecular formula is C11H14O8. The van der Waals surface area contributed by atoms with E-state index in [0.717, 1.165) is 0 Å². The highest BCUT2D eigenvalue weighted by Gasteiger charge is 2.17. The molecule has 0 radical (unpaired) electrons. The van der Waals surface area contributed by atoms with Crippen molar-refractivity contribution >= 4 is 11.9 Å². The van der Waals surface area contributed by atoms with Crippen molar-refractivity contribution in [3.63, 3.8) is 0 Å². The quantitative estimate of drug-likeness (QED) is 0.498. The van der Waals surface area contributed by atoms with Crippen LogP contribution in [0.3, 0.4) is 0 Å². The molecule has 106 valence electrons. The van der Waals surface area contributed by atoms with Gasteiger partial charge < -0.3 is 30.3 Å². The molecule has 0 fully saturated rings. The van der Waals surface area contributed by atoms with E-state index in [0.29, 0.717) is 0 Å². The molecule has 1 unspecified atom stereocenters. The molecular weight excluding hydrogens is 260 g/mol. The summed E-state index contributed by atoms with van der Waals surface area (Å²) < 4.78 is 4.76. The van der Waals surface area contributed by atoms with Gasteiger partial charge in [-0.05, 0) is 17.7 Å². The third-order valence-electron chi connectivity index (χ3n) is 1.89. The Labute approximate surface area is 108 Å². The summed E-state index contributed by atoms with van der Waals surface area (Å²) in [5, 5.41) is 41.9. The first-order chi connectivity index (χ1) is 8.83. The lowest BCUT2D eigenvalue weighted by atomic mass is 10.1. The van der Waals surface area contributed by atoms with Crippen LogP contribution in [0.4, 0.5) is 0 Å². The van der Waals surface area contributed by atoms with Gasteiger partial charge in [-0.1, -0.05) is 6.07 Å². The van der Waals surface area contributed by atoms with Crippen molar-refractivity contribution in [2.24, 2.45) is 0 Å². The predicted octanol–water partition coefficient (Wildman–Crippen LogP) is -0.418. The number of rotatable bonds is 4. The molecule has 0 spiro atoms. The molecule has 1 aromatic rings. The van der Waals surface area contributed by atoms with Crippen molar-refractivity contribution in [1.82, 2.24) is 0 Å². The van der Waals surface area contributed by atoms with Gasteiger partial charge in [-0.25, -0.2) is 9.59 Å². The summed E-state index contributed by atoms with van der Waals surface area (Å²) in [6.07, 6.45) is -1.61. The molecule has 0 aromatic heterocycles. The fourth-order valence-electron chi connectivity index (χ4n) is 1.01. The number of aliphatic hydroxyl groups is 2. The lowest BCUT2D eigenvalue weighted by Crippen LogP contribution is -2.10. The zero-order chi connectivity index (χ0) is 15.0. The second kappa shape index (κ2) is 7.90. The first-order valence-corrected chi connectivity index (χ1v) is 4.93. The first kappa shape index (κ1) is 16.7. The Morgan fingerprint density at radius 2 is 1.84 bits per heavy atom. The van der Waals surface area contributed by atoms with Crippen LogP contribution in [0.1, 0.15) is 11.7 Å². The fraction of sp³-hybridized carbons (Fsp3) is 0.273. The van der Waals surface area contributed by atoms with Crippen LogP contribution in [0.5, 0.6) is 11.5 Å². The summed E-state index contributed by atoms with van der Waals surface area (Å²) in [7, 11) is 1.34. The van der Waals surface area contributed by atoms with Gasteiger partial charge in [-0.3, -0.25) is 0 Å². The van der Waals surface area contributed by atoms with E-state index in [1.165, 1.54) is 25.3 Å². The van der Waals surface area contributed by atoms with E-state index in [4.69, 9.17) is 24.9 Å². The number of aromatic hydroxyl groups is 1. The zero-order valence-corrected chi connectivity index (χ0v) is 9.98. The number of hydrogen-bond donors (Lipinski definition) is 5. The minimum Gasteiger partial charge on any atom is -0.504 e. The summed E-state index contributed by atoms with van der Waals surface area (Å²) >= 11 is 0. The number of carbonyl (C=O) groups is 2. The second-order valence-electron chi connectivity index (χ2n) is 3.22. The van der Waals surface area contributed by atoms with E-state index < -0.39 is 24.6 Å².